The summed E-state index contributed by atoms with van der Waals surface area (Å²) in [4.78, 5) is 17.9. The molecule has 140 valence electrons. The minimum atomic E-state index is -0.173. The van der Waals surface area contributed by atoms with Crippen molar-refractivity contribution < 1.29 is 0 Å². The highest BCUT2D eigenvalue weighted by atomic mass is 79.9. The molecule has 0 aliphatic carbocycles. The van der Waals surface area contributed by atoms with Crippen LogP contribution in [-0.2, 0) is 6.54 Å². The molecule has 0 unspecified atom stereocenters. The van der Waals surface area contributed by atoms with E-state index in [1.807, 2.05) is 48.5 Å². The average Bonchev–Trinajstić information content (AvgIpc) is 2.69. The second-order valence-corrected chi connectivity index (χ2v) is 7.93. The molecule has 3 aromatic carbocycles. The number of nitrogens with zero attached hydrogens (tertiary/aromatic N) is 2. The van der Waals surface area contributed by atoms with Crippen molar-refractivity contribution in [3.8, 4) is 11.4 Å². The van der Waals surface area contributed by atoms with Crippen LogP contribution in [0, 0.1) is 0 Å². The van der Waals surface area contributed by atoms with E-state index in [4.69, 9.17) is 28.2 Å². The van der Waals surface area contributed by atoms with Crippen molar-refractivity contribution in [1.82, 2.24) is 9.66 Å². The predicted molar refractivity (Wildman–Crippen MR) is 119 cm³/mol. The molecule has 0 bridgehead atoms. The molecule has 0 aliphatic heterocycles. The monoisotopic (exact) mass is 473 g/mol. The first-order valence-corrected chi connectivity index (χ1v) is 10.0. The van der Waals surface area contributed by atoms with Gasteiger partial charge in [0.05, 0.1) is 17.4 Å². The molecule has 0 radical (unpaired) electrons. The van der Waals surface area contributed by atoms with Crippen molar-refractivity contribution in [2.24, 2.45) is 0 Å². The molecular formula is C21H14BrCl2N3O. The third-order valence-electron chi connectivity index (χ3n) is 4.32. The maximum atomic E-state index is 13.1. The summed E-state index contributed by atoms with van der Waals surface area (Å²) < 4.78 is 2.42. The van der Waals surface area contributed by atoms with E-state index >= 15 is 0 Å². The fourth-order valence-electron chi connectivity index (χ4n) is 2.90. The lowest BCUT2D eigenvalue weighted by atomic mass is 10.2. The number of nitrogens with one attached hydrogen (secondary N) is 1. The van der Waals surface area contributed by atoms with Gasteiger partial charge < -0.3 is 5.43 Å². The SMILES string of the molecule is O=c1c2ccccc2nc(-c2ccc(Br)cc2)n1NCc1ccc(Cl)cc1Cl. The minimum absolute atomic E-state index is 0.173. The van der Waals surface area contributed by atoms with Crippen molar-refractivity contribution in [1.29, 1.82) is 0 Å². The minimum Gasteiger partial charge on any atom is -0.317 e. The molecule has 4 rings (SSSR count). The molecule has 0 aliphatic rings. The van der Waals surface area contributed by atoms with E-state index in [0.29, 0.717) is 33.3 Å². The second kappa shape index (κ2) is 7.95. The Morgan fingerprint density at radius 1 is 1.00 bits per heavy atom. The molecule has 28 heavy (non-hydrogen) atoms. The van der Waals surface area contributed by atoms with Crippen molar-refractivity contribution in [3.63, 3.8) is 0 Å². The number of halogens is 3. The number of fused-ring (bicyclic) bond motifs is 1. The normalized spacial score (nSPS) is 11.0. The van der Waals surface area contributed by atoms with Crippen LogP contribution in [0.5, 0.6) is 0 Å². The Labute approximate surface area is 179 Å². The zero-order valence-electron chi connectivity index (χ0n) is 14.5. The molecule has 0 saturated carbocycles. The van der Waals surface area contributed by atoms with E-state index in [9.17, 15) is 4.79 Å². The molecule has 4 aromatic rings. The molecular weight excluding hydrogens is 461 g/mol. The lowest BCUT2D eigenvalue weighted by Crippen LogP contribution is -2.31. The van der Waals surface area contributed by atoms with Gasteiger partial charge in [0.25, 0.3) is 5.56 Å². The van der Waals surface area contributed by atoms with E-state index in [-0.39, 0.29) is 5.56 Å². The molecule has 0 saturated heterocycles. The van der Waals surface area contributed by atoms with Gasteiger partial charge in [-0.05, 0) is 42.0 Å². The zero-order chi connectivity index (χ0) is 19.7. The molecule has 7 heteroatoms. The maximum absolute atomic E-state index is 13.1. The summed E-state index contributed by atoms with van der Waals surface area (Å²) in [5.41, 5.74) is 5.29. The summed E-state index contributed by atoms with van der Waals surface area (Å²) in [6.45, 7) is 0.347. The molecule has 4 nitrogen and oxygen atoms in total. The van der Waals surface area contributed by atoms with Crippen LogP contribution in [0.2, 0.25) is 10.0 Å². The maximum Gasteiger partial charge on any atom is 0.280 e. The first-order valence-electron chi connectivity index (χ1n) is 8.48. The lowest BCUT2D eigenvalue weighted by Gasteiger charge is -2.16. The summed E-state index contributed by atoms with van der Waals surface area (Å²) >= 11 is 15.7. The molecule has 0 amide bonds. The smallest absolute Gasteiger partial charge is 0.280 e. The van der Waals surface area contributed by atoms with E-state index in [1.54, 1.807) is 18.2 Å². The number of hydrogen-bond donors (Lipinski definition) is 1. The highest BCUT2D eigenvalue weighted by Gasteiger charge is 2.13. The van der Waals surface area contributed by atoms with Crippen LogP contribution in [0.4, 0.5) is 0 Å². The molecule has 0 fully saturated rings. The van der Waals surface area contributed by atoms with E-state index < -0.39 is 0 Å². The summed E-state index contributed by atoms with van der Waals surface area (Å²) in [7, 11) is 0. The van der Waals surface area contributed by atoms with Crippen LogP contribution in [0.25, 0.3) is 22.3 Å². The molecule has 1 N–H and O–H groups in total. The van der Waals surface area contributed by atoms with Crippen LogP contribution in [0.1, 0.15) is 5.56 Å². The standard InChI is InChI=1S/C21H14BrCl2N3O/c22-15-8-5-13(6-9-15)20-26-19-4-2-1-3-17(19)21(28)27(20)25-12-14-7-10-16(23)11-18(14)24/h1-11,25H,12H2. The molecule has 0 spiro atoms. The van der Waals surface area contributed by atoms with Gasteiger partial charge in [-0.1, -0.05) is 69.5 Å². The summed E-state index contributed by atoms with van der Waals surface area (Å²) in [5.74, 6) is 0.529. The third kappa shape index (κ3) is 3.78. The fraction of sp³-hybridized carbons (Fsp3) is 0.0476. The van der Waals surface area contributed by atoms with E-state index in [1.165, 1.54) is 4.68 Å². The van der Waals surface area contributed by atoms with Gasteiger partial charge in [-0.15, -0.1) is 0 Å². The first-order chi connectivity index (χ1) is 13.5. The fourth-order valence-corrected chi connectivity index (χ4v) is 3.64. The topological polar surface area (TPSA) is 46.9 Å². The number of para-hydroxylation sites is 1. The number of rotatable bonds is 4. The predicted octanol–water partition coefficient (Wildman–Crippen LogP) is 5.88. The van der Waals surface area contributed by atoms with Crippen LogP contribution in [0.3, 0.4) is 0 Å². The van der Waals surface area contributed by atoms with Crippen molar-refractivity contribution in [2.75, 3.05) is 5.43 Å². The lowest BCUT2D eigenvalue weighted by molar-refractivity contribution is 0.801. The third-order valence-corrected chi connectivity index (χ3v) is 5.44. The van der Waals surface area contributed by atoms with Crippen molar-refractivity contribution >= 4 is 50.0 Å². The second-order valence-electron chi connectivity index (χ2n) is 6.17. The zero-order valence-corrected chi connectivity index (χ0v) is 17.6. The van der Waals surface area contributed by atoms with Gasteiger partial charge >= 0.3 is 0 Å². The summed E-state index contributed by atoms with van der Waals surface area (Å²) in [5, 5.41) is 1.64. The van der Waals surface area contributed by atoms with Gasteiger partial charge in [0.15, 0.2) is 5.82 Å². The largest absolute Gasteiger partial charge is 0.317 e. The van der Waals surface area contributed by atoms with Crippen LogP contribution in [-0.4, -0.2) is 9.66 Å². The van der Waals surface area contributed by atoms with E-state index in [2.05, 4.69) is 21.4 Å². The molecule has 1 aromatic heterocycles. The molecule has 0 atom stereocenters. The Morgan fingerprint density at radius 2 is 1.75 bits per heavy atom. The summed E-state index contributed by atoms with van der Waals surface area (Å²) in [6.07, 6.45) is 0. The number of benzene rings is 3. The molecule has 1 heterocycles. The van der Waals surface area contributed by atoms with Gasteiger partial charge in [0.1, 0.15) is 0 Å². The number of aromatic nitrogens is 2. The van der Waals surface area contributed by atoms with Gasteiger partial charge in [0, 0.05) is 20.1 Å². The average molecular weight is 475 g/mol. The van der Waals surface area contributed by atoms with Crippen molar-refractivity contribution in [3.05, 3.63) is 97.2 Å². The van der Waals surface area contributed by atoms with Gasteiger partial charge in [-0.3, -0.25) is 4.79 Å². The van der Waals surface area contributed by atoms with Crippen LogP contribution in [0.15, 0.2) is 76.0 Å². The van der Waals surface area contributed by atoms with Crippen molar-refractivity contribution in [2.45, 2.75) is 6.54 Å². The Hall–Kier alpha value is -2.34. The van der Waals surface area contributed by atoms with Crippen LogP contribution >= 0.6 is 39.1 Å². The number of hydrogen-bond acceptors (Lipinski definition) is 3. The first kappa shape index (κ1) is 19.0. The highest BCUT2D eigenvalue weighted by molar-refractivity contribution is 9.10. The Bertz CT molecular complexity index is 1220. The van der Waals surface area contributed by atoms with Gasteiger partial charge in [-0.2, -0.15) is 0 Å². The quantitative estimate of drug-likeness (QED) is 0.402. The Kier molecular flexibility index (Phi) is 5.40. The van der Waals surface area contributed by atoms with Gasteiger partial charge in [0.2, 0.25) is 0 Å². The summed E-state index contributed by atoms with van der Waals surface area (Å²) in [6, 6.07) is 20.2. The Morgan fingerprint density at radius 3 is 2.50 bits per heavy atom. The Balaban J connectivity index is 1.82. The van der Waals surface area contributed by atoms with E-state index in [0.717, 1.165) is 15.6 Å². The highest BCUT2D eigenvalue weighted by Crippen LogP contribution is 2.23. The van der Waals surface area contributed by atoms with Gasteiger partial charge in [-0.25, -0.2) is 9.66 Å². The van der Waals surface area contributed by atoms with Crippen LogP contribution < -0.4 is 11.0 Å².